The number of hydrogen-bond acceptors (Lipinski definition) is 9. The standard InChI is InChI=1S/C24H26N6O4S/c1-33-20-13-16(15-3-6-18(7-4-15)35(2,31)32)5-8-19(20)28-24-29-22-21(25-14-26-22)23(30-24)27-17-9-11-34-12-10-17/h3-8,13-14,17H,9-12H2,1-2H3,(H3,25,26,27,28,29,30). The van der Waals surface area contributed by atoms with Gasteiger partial charge in [-0.3, -0.25) is 0 Å². The van der Waals surface area contributed by atoms with Crippen molar-refractivity contribution < 1.29 is 17.9 Å². The lowest BCUT2D eigenvalue weighted by Crippen LogP contribution is -2.28. The van der Waals surface area contributed by atoms with Crippen molar-refractivity contribution in [1.82, 2.24) is 19.9 Å². The Morgan fingerprint density at radius 3 is 2.51 bits per heavy atom. The molecule has 11 heteroatoms. The van der Waals surface area contributed by atoms with Gasteiger partial charge in [-0.15, -0.1) is 0 Å². The highest BCUT2D eigenvalue weighted by Gasteiger charge is 2.18. The second kappa shape index (κ2) is 9.51. The summed E-state index contributed by atoms with van der Waals surface area (Å²) in [5.74, 6) is 1.67. The van der Waals surface area contributed by atoms with Crippen LogP contribution in [-0.2, 0) is 14.6 Å². The molecule has 0 atom stereocenters. The maximum atomic E-state index is 11.7. The van der Waals surface area contributed by atoms with Gasteiger partial charge in [-0.2, -0.15) is 9.97 Å². The summed E-state index contributed by atoms with van der Waals surface area (Å²) in [6, 6.07) is 12.7. The number of ether oxygens (including phenoxy) is 2. The molecule has 1 aliphatic heterocycles. The molecule has 35 heavy (non-hydrogen) atoms. The van der Waals surface area contributed by atoms with E-state index in [-0.39, 0.29) is 10.9 Å². The lowest BCUT2D eigenvalue weighted by atomic mass is 10.0. The van der Waals surface area contributed by atoms with Gasteiger partial charge in [-0.1, -0.05) is 18.2 Å². The second-order valence-corrected chi connectivity index (χ2v) is 10.4. The number of nitrogens with one attached hydrogen (secondary N) is 3. The smallest absolute Gasteiger partial charge is 0.231 e. The zero-order valence-electron chi connectivity index (χ0n) is 19.4. The van der Waals surface area contributed by atoms with E-state index in [0.717, 1.165) is 42.7 Å². The summed E-state index contributed by atoms with van der Waals surface area (Å²) in [4.78, 5) is 16.9. The highest BCUT2D eigenvalue weighted by Crippen LogP contribution is 2.33. The van der Waals surface area contributed by atoms with Gasteiger partial charge in [0, 0.05) is 25.5 Å². The van der Waals surface area contributed by atoms with Crippen LogP contribution in [0.5, 0.6) is 5.75 Å². The number of sulfone groups is 1. The van der Waals surface area contributed by atoms with Crippen LogP contribution >= 0.6 is 0 Å². The summed E-state index contributed by atoms with van der Waals surface area (Å²) in [6.07, 6.45) is 4.60. The normalized spacial score (nSPS) is 14.7. The molecule has 3 N–H and O–H groups in total. The van der Waals surface area contributed by atoms with Crippen LogP contribution in [0.2, 0.25) is 0 Å². The monoisotopic (exact) mass is 494 g/mol. The van der Waals surface area contributed by atoms with Crippen molar-refractivity contribution in [1.29, 1.82) is 0 Å². The third-order valence-corrected chi connectivity index (χ3v) is 7.04. The van der Waals surface area contributed by atoms with E-state index < -0.39 is 9.84 Å². The van der Waals surface area contributed by atoms with Crippen LogP contribution in [-0.4, -0.2) is 61.0 Å². The molecule has 1 fully saturated rings. The summed E-state index contributed by atoms with van der Waals surface area (Å²) >= 11 is 0. The molecule has 1 aliphatic rings. The Bertz CT molecular complexity index is 1450. The van der Waals surface area contributed by atoms with Crippen molar-refractivity contribution in [2.45, 2.75) is 23.8 Å². The van der Waals surface area contributed by atoms with Crippen molar-refractivity contribution in [3.8, 4) is 16.9 Å². The molecule has 2 aromatic heterocycles. The molecule has 0 radical (unpaired) electrons. The number of anilines is 3. The van der Waals surface area contributed by atoms with Crippen molar-refractivity contribution in [3.63, 3.8) is 0 Å². The van der Waals surface area contributed by atoms with Crippen LogP contribution in [0, 0.1) is 0 Å². The van der Waals surface area contributed by atoms with E-state index in [1.165, 1.54) is 6.26 Å². The first kappa shape index (κ1) is 23.1. The predicted octanol–water partition coefficient (Wildman–Crippen LogP) is 3.77. The SMILES string of the molecule is COc1cc(-c2ccc(S(C)(=O)=O)cc2)ccc1Nc1nc(NC2CCOCC2)c2[nH]cnc2n1. The first-order valence-electron chi connectivity index (χ1n) is 11.2. The number of benzene rings is 2. The van der Waals surface area contributed by atoms with Crippen LogP contribution in [0.15, 0.2) is 53.7 Å². The quantitative estimate of drug-likeness (QED) is 0.351. The molecule has 4 aromatic rings. The van der Waals surface area contributed by atoms with Gasteiger partial charge in [0.25, 0.3) is 0 Å². The topological polar surface area (TPSA) is 131 Å². The Labute approximate surface area is 203 Å². The number of fused-ring (bicyclic) bond motifs is 1. The molecule has 0 saturated carbocycles. The molecule has 0 bridgehead atoms. The van der Waals surface area contributed by atoms with E-state index in [2.05, 4.69) is 25.6 Å². The Morgan fingerprint density at radius 1 is 1.06 bits per heavy atom. The Kier molecular flexibility index (Phi) is 6.27. The Balaban J connectivity index is 1.42. The average Bonchev–Trinajstić information content (AvgIpc) is 3.34. The fourth-order valence-electron chi connectivity index (χ4n) is 4.02. The van der Waals surface area contributed by atoms with E-state index in [0.29, 0.717) is 28.9 Å². The Morgan fingerprint density at radius 2 is 1.80 bits per heavy atom. The maximum Gasteiger partial charge on any atom is 0.231 e. The molecule has 2 aromatic carbocycles. The minimum atomic E-state index is -3.25. The lowest BCUT2D eigenvalue weighted by molar-refractivity contribution is 0.0904. The van der Waals surface area contributed by atoms with Gasteiger partial charge in [0.1, 0.15) is 11.3 Å². The number of H-pyrrole nitrogens is 1. The van der Waals surface area contributed by atoms with Gasteiger partial charge in [0.05, 0.1) is 24.0 Å². The maximum absolute atomic E-state index is 11.7. The summed E-state index contributed by atoms with van der Waals surface area (Å²) < 4.78 is 34.6. The molecule has 0 unspecified atom stereocenters. The molecule has 10 nitrogen and oxygen atoms in total. The zero-order chi connectivity index (χ0) is 24.4. The highest BCUT2D eigenvalue weighted by atomic mass is 32.2. The van der Waals surface area contributed by atoms with Gasteiger partial charge in [-0.05, 0) is 48.2 Å². The van der Waals surface area contributed by atoms with Gasteiger partial charge in [-0.25, -0.2) is 13.4 Å². The molecule has 182 valence electrons. The highest BCUT2D eigenvalue weighted by molar-refractivity contribution is 7.90. The molecule has 1 saturated heterocycles. The number of nitrogens with zero attached hydrogens (tertiary/aromatic N) is 3. The minimum Gasteiger partial charge on any atom is -0.495 e. The Hall–Kier alpha value is -3.70. The van der Waals surface area contributed by atoms with Crippen LogP contribution in [0.4, 0.5) is 17.5 Å². The van der Waals surface area contributed by atoms with Crippen LogP contribution < -0.4 is 15.4 Å². The zero-order valence-corrected chi connectivity index (χ0v) is 20.2. The fraction of sp³-hybridized carbons (Fsp3) is 0.292. The number of methoxy groups -OCH3 is 1. The molecule has 5 rings (SSSR count). The van der Waals surface area contributed by atoms with E-state index in [9.17, 15) is 8.42 Å². The summed E-state index contributed by atoms with van der Waals surface area (Å²) in [5.41, 5.74) is 3.76. The third kappa shape index (κ3) is 5.05. The molecule has 0 aliphatic carbocycles. The number of aromatic nitrogens is 4. The molecular formula is C24H26N6O4S. The van der Waals surface area contributed by atoms with Crippen LogP contribution in [0.3, 0.4) is 0 Å². The number of imidazole rings is 1. The van der Waals surface area contributed by atoms with Crippen molar-refractivity contribution in [2.75, 3.05) is 37.2 Å². The van der Waals surface area contributed by atoms with Crippen LogP contribution in [0.25, 0.3) is 22.3 Å². The predicted molar refractivity (Wildman–Crippen MR) is 134 cm³/mol. The van der Waals surface area contributed by atoms with Gasteiger partial charge in [0.15, 0.2) is 21.3 Å². The largest absolute Gasteiger partial charge is 0.495 e. The molecular weight excluding hydrogens is 468 g/mol. The lowest BCUT2D eigenvalue weighted by Gasteiger charge is -2.24. The van der Waals surface area contributed by atoms with E-state index in [1.54, 1.807) is 37.7 Å². The van der Waals surface area contributed by atoms with E-state index in [4.69, 9.17) is 14.5 Å². The van der Waals surface area contributed by atoms with Gasteiger partial charge >= 0.3 is 0 Å². The summed E-state index contributed by atoms with van der Waals surface area (Å²) in [7, 11) is -1.66. The second-order valence-electron chi connectivity index (χ2n) is 8.36. The summed E-state index contributed by atoms with van der Waals surface area (Å²) in [5, 5.41) is 6.74. The third-order valence-electron chi connectivity index (χ3n) is 5.91. The van der Waals surface area contributed by atoms with Crippen molar-refractivity contribution in [3.05, 3.63) is 48.8 Å². The molecule has 0 amide bonds. The first-order chi connectivity index (χ1) is 16.9. The number of rotatable bonds is 7. The van der Waals surface area contributed by atoms with Crippen molar-refractivity contribution >= 4 is 38.5 Å². The van der Waals surface area contributed by atoms with Gasteiger partial charge < -0.3 is 25.1 Å². The first-order valence-corrected chi connectivity index (χ1v) is 13.1. The van der Waals surface area contributed by atoms with Crippen LogP contribution in [0.1, 0.15) is 12.8 Å². The minimum absolute atomic E-state index is 0.265. The average molecular weight is 495 g/mol. The van der Waals surface area contributed by atoms with Gasteiger partial charge in [0.2, 0.25) is 5.95 Å². The van der Waals surface area contributed by atoms with Crippen molar-refractivity contribution in [2.24, 2.45) is 0 Å². The summed E-state index contributed by atoms with van der Waals surface area (Å²) in [6.45, 7) is 1.45. The number of aromatic amines is 1. The van der Waals surface area contributed by atoms with E-state index >= 15 is 0 Å². The van der Waals surface area contributed by atoms with E-state index in [1.807, 2.05) is 18.2 Å². The number of hydrogen-bond donors (Lipinski definition) is 3. The molecule has 0 spiro atoms. The fourth-order valence-corrected chi connectivity index (χ4v) is 4.65. The molecule has 3 heterocycles.